The van der Waals surface area contributed by atoms with Gasteiger partial charge in [0.15, 0.2) is 0 Å². The molecule has 1 fully saturated rings. The first-order chi connectivity index (χ1) is 9.95. The number of ether oxygens (including phenoxy) is 1. The molecule has 1 saturated heterocycles. The van der Waals surface area contributed by atoms with Crippen molar-refractivity contribution in [1.82, 2.24) is 4.90 Å². The molecular formula is C17H27ClN2O. The van der Waals surface area contributed by atoms with Crippen LogP contribution in [0.1, 0.15) is 40.5 Å². The molecule has 0 bridgehead atoms. The molecule has 1 aliphatic heterocycles. The van der Waals surface area contributed by atoms with Gasteiger partial charge in [-0.1, -0.05) is 11.6 Å². The van der Waals surface area contributed by atoms with Gasteiger partial charge in [-0.25, -0.2) is 0 Å². The molecule has 1 N–H and O–H groups in total. The number of nitrogens with zero attached hydrogens (tertiary/aromatic N) is 1. The van der Waals surface area contributed by atoms with Crippen LogP contribution in [0.25, 0.3) is 0 Å². The third-order valence-electron chi connectivity index (χ3n) is 3.93. The molecule has 0 atom stereocenters. The predicted octanol–water partition coefficient (Wildman–Crippen LogP) is 4.41. The number of hydrogen-bond acceptors (Lipinski definition) is 3. The Hall–Kier alpha value is -0.930. The topological polar surface area (TPSA) is 24.5 Å². The lowest BCUT2D eigenvalue weighted by Gasteiger charge is -2.35. The van der Waals surface area contributed by atoms with Crippen LogP contribution in [0.4, 0.5) is 5.69 Å². The first kappa shape index (κ1) is 16.4. The van der Waals surface area contributed by atoms with E-state index < -0.39 is 0 Å². The van der Waals surface area contributed by atoms with Crippen LogP contribution in [0.3, 0.4) is 0 Å². The van der Waals surface area contributed by atoms with Crippen molar-refractivity contribution in [3.63, 3.8) is 0 Å². The fraction of sp³-hybridized carbons (Fsp3) is 0.647. The minimum atomic E-state index is 0.140. The molecule has 118 valence electrons. The second kappa shape index (κ2) is 7.37. The van der Waals surface area contributed by atoms with Crippen LogP contribution in [0.5, 0.6) is 5.75 Å². The van der Waals surface area contributed by atoms with Gasteiger partial charge in [0, 0.05) is 30.9 Å². The van der Waals surface area contributed by atoms with E-state index in [1.807, 2.05) is 26.0 Å². The van der Waals surface area contributed by atoms with E-state index in [4.69, 9.17) is 16.3 Å². The zero-order chi connectivity index (χ0) is 15.4. The smallest absolute Gasteiger partial charge is 0.138 e. The fourth-order valence-corrected chi connectivity index (χ4v) is 2.96. The summed E-state index contributed by atoms with van der Waals surface area (Å²) in [5.74, 6) is 0.756. The van der Waals surface area contributed by atoms with E-state index in [0.29, 0.717) is 17.1 Å². The molecule has 1 aromatic carbocycles. The minimum absolute atomic E-state index is 0.140. The molecule has 1 heterocycles. The Kier molecular flexibility index (Phi) is 5.77. The molecule has 0 amide bonds. The molecule has 4 heteroatoms. The summed E-state index contributed by atoms with van der Waals surface area (Å²) in [5.41, 5.74) is 1.08. The molecule has 0 spiro atoms. The third kappa shape index (κ3) is 4.79. The highest BCUT2D eigenvalue weighted by atomic mass is 35.5. The highest BCUT2D eigenvalue weighted by Gasteiger charge is 2.20. The number of halogens is 1. The second-order valence-electron chi connectivity index (χ2n) is 6.36. The van der Waals surface area contributed by atoms with E-state index in [2.05, 4.69) is 30.1 Å². The van der Waals surface area contributed by atoms with Crippen LogP contribution >= 0.6 is 11.6 Å². The number of hydrogen-bond donors (Lipinski definition) is 1. The first-order valence-corrected chi connectivity index (χ1v) is 8.30. The lowest BCUT2D eigenvalue weighted by Crippen LogP contribution is -2.42. The first-order valence-electron chi connectivity index (χ1n) is 7.92. The molecule has 0 radical (unpaired) electrons. The van der Waals surface area contributed by atoms with Gasteiger partial charge in [-0.2, -0.15) is 0 Å². The van der Waals surface area contributed by atoms with E-state index in [9.17, 15) is 0 Å². The summed E-state index contributed by atoms with van der Waals surface area (Å²) >= 11 is 6.28. The van der Waals surface area contributed by atoms with Gasteiger partial charge >= 0.3 is 0 Å². The molecule has 0 aliphatic carbocycles. The molecule has 0 unspecified atom stereocenters. The molecular weight excluding hydrogens is 284 g/mol. The van der Waals surface area contributed by atoms with Crippen LogP contribution < -0.4 is 10.1 Å². The summed E-state index contributed by atoms with van der Waals surface area (Å²) in [6, 6.07) is 7.15. The van der Waals surface area contributed by atoms with Crippen LogP contribution in [-0.4, -0.2) is 36.2 Å². The van der Waals surface area contributed by atoms with Gasteiger partial charge < -0.3 is 15.0 Å². The number of benzene rings is 1. The van der Waals surface area contributed by atoms with Gasteiger partial charge in [0.05, 0.1) is 11.1 Å². The van der Waals surface area contributed by atoms with E-state index in [0.717, 1.165) is 24.5 Å². The molecule has 2 rings (SSSR count). The van der Waals surface area contributed by atoms with Crippen LogP contribution in [-0.2, 0) is 0 Å². The van der Waals surface area contributed by atoms with E-state index >= 15 is 0 Å². The summed E-state index contributed by atoms with van der Waals surface area (Å²) in [6.07, 6.45) is 2.50. The largest absolute Gasteiger partial charge is 0.489 e. The quantitative estimate of drug-likeness (QED) is 0.871. The van der Waals surface area contributed by atoms with Crippen molar-refractivity contribution < 1.29 is 4.74 Å². The van der Waals surface area contributed by atoms with Gasteiger partial charge in [-0.3, -0.25) is 0 Å². The number of likely N-dealkylation sites (tertiary alicyclic amines) is 1. The van der Waals surface area contributed by atoms with Crippen molar-refractivity contribution in [1.29, 1.82) is 0 Å². The Morgan fingerprint density at radius 1 is 1.19 bits per heavy atom. The van der Waals surface area contributed by atoms with Crippen molar-refractivity contribution in [2.24, 2.45) is 0 Å². The molecule has 3 nitrogen and oxygen atoms in total. The van der Waals surface area contributed by atoms with Gasteiger partial charge in [-0.15, -0.1) is 0 Å². The van der Waals surface area contributed by atoms with E-state index in [1.165, 1.54) is 12.8 Å². The van der Waals surface area contributed by atoms with Crippen molar-refractivity contribution in [3.05, 3.63) is 23.2 Å². The highest BCUT2D eigenvalue weighted by molar-refractivity contribution is 6.32. The number of anilines is 1. The Labute approximate surface area is 133 Å². The van der Waals surface area contributed by atoms with Gasteiger partial charge in [-0.05, 0) is 58.7 Å². The molecule has 1 aliphatic rings. The summed E-state index contributed by atoms with van der Waals surface area (Å²) in [6.45, 7) is 10.9. The average Bonchev–Trinajstić information content (AvgIpc) is 2.42. The summed E-state index contributed by atoms with van der Waals surface area (Å²) < 4.78 is 5.66. The normalized spacial score (nSPS) is 17.5. The van der Waals surface area contributed by atoms with Gasteiger partial charge in [0.25, 0.3) is 0 Å². The maximum absolute atomic E-state index is 6.28. The lowest BCUT2D eigenvalue weighted by molar-refractivity contribution is 0.177. The number of piperidine rings is 1. The zero-order valence-corrected chi connectivity index (χ0v) is 14.3. The maximum Gasteiger partial charge on any atom is 0.138 e. The monoisotopic (exact) mass is 310 g/mol. The Bertz CT molecular complexity index is 454. The van der Waals surface area contributed by atoms with E-state index in [-0.39, 0.29) is 6.10 Å². The second-order valence-corrected chi connectivity index (χ2v) is 6.77. The molecule has 1 aromatic rings. The summed E-state index contributed by atoms with van der Waals surface area (Å²) in [7, 11) is 0. The molecule has 0 saturated carbocycles. The van der Waals surface area contributed by atoms with Gasteiger partial charge in [0.2, 0.25) is 0 Å². The predicted molar refractivity (Wildman–Crippen MR) is 90.6 cm³/mol. The lowest BCUT2D eigenvalue weighted by atomic mass is 10.0. The Morgan fingerprint density at radius 3 is 2.38 bits per heavy atom. The Balaban J connectivity index is 1.91. The van der Waals surface area contributed by atoms with Crippen molar-refractivity contribution in [3.8, 4) is 5.75 Å². The number of nitrogens with one attached hydrogen (secondary N) is 1. The molecule has 0 aromatic heterocycles. The fourth-order valence-electron chi connectivity index (χ4n) is 2.74. The van der Waals surface area contributed by atoms with Crippen molar-refractivity contribution >= 4 is 17.3 Å². The van der Waals surface area contributed by atoms with Crippen molar-refractivity contribution in [2.45, 2.75) is 58.7 Å². The summed E-state index contributed by atoms with van der Waals surface area (Å²) in [4.78, 5) is 2.53. The third-order valence-corrected chi connectivity index (χ3v) is 4.22. The van der Waals surface area contributed by atoms with Crippen molar-refractivity contribution in [2.75, 3.05) is 18.4 Å². The van der Waals surface area contributed by atoms with Crippen LogP contribution in [0.15, 0.2) is 18.2 Å². The Morgan fingerprint density at radius 2 is 1.86 bits per heavy atom. The van der Waals surface area contributed by atoms with E-state index in [1.54, 1.807) is 0 Å². The number of rotatable bonds is 5. The standard InChI is InChI=1S/C17H27ClN2O/c1-12(2)20-9-7-14(8-10-20)19-15-5-6-17(16(18)11-15)21-13(3)4/h5-6,11-14,19H,7-10H2,1-4H3. The SMILES string of the molecule is CC(C)Oc1ccc(NC2CCN(C(C)C)CC2)cc1Cl. The van der Waals surface area contributed by atoms with Gasteiger partial charge in [0.1, 0.15) is 5.75 Å². The van der Waals surface area contributed by atoms with Crippen LogP contribution in [0, 0.1) is 0 Å². The average molecular weight is 311 g/mol. The summed E-state index contributed by atoms with van der Waals surface area (Å²) in [5, 5.41) is 4.27. The van der Waals surface area contributed by atoms with Crippen LogP contribution in [0.2, 0.25) is 5.02 Å². The maximum atomic E-state index is 6.28. The molecule has 21 heavy (non-hydrogen) atoms. The minimum Gasteiger partial charge on any atom is -0.489 e. The highest BCUT2D eigenvalue weighted by Crippen LogP contribution is 2.29. The zero-order valence-electron chi connectivity index (χ0n) is 13.5.